The standard InChI is InChI=1S/C19H24N2O4/c1-25-10-9-21-12-16(17(22)18(23)20-14-7-8-14)15(19(21)24)11-13-5-3-2-4-6-13/h2-6,14-16H,7-12H2,1H3,(H,20,23)/t15-,16+/m1/s1. The van der Waals surface area contributed by atoms with E-state index in [1.807, 2.05) is 30.3 Å². The topological polar surface area (TPSA) is 75.7 Å². The fraction of sp³-hybridized carbons (Fsp3) is 0.526. The zero-order chi connectivity index (χ0) is 17.8. The van der Waals surface area contributed by atoms with Gasteiger partial charge in [-0.25, -0.2) is 0 Å². The molecule has 6 heteroatoms. The van der Waals surface area contributed by atoms with Crippen molar-refractivity contribution in [3.8, 4) is 0 Å². The van der Waals surface area contributed by atoms with E-state index in [0.29, 0.717) is 19.6 Å². The fourth-order valence-corrected chi connectivity index (χ4v) is 3.28. The molecule has 0 unspecified atom stereocenters. The maximum absolute atomic E-state index is 12.8. The lowest BCUT2D eigenvalue weighted by atomic mass is 9.86. The summed E-state index contributed by atoms with van der Waals surface area (Å²) in [5.74, 6) is -2.17. The number of nitrogens with zero attached hydrogens (tertiary/aromatic N) is 1. The molecule has 134 valence electrons. The van der Waals surface area contributed by atoms with Crippen LogP contribution in [0.5, 0.6) is 0 Å². The zero-order valence-electron chi connectivity index (χ0n) is 14.4. The maximum Gasteiger partial charge on any atom is 0.287 e. The fourth-order valence-electron chi connectivity index (χ4n) is 3.28. The highest BCUT2D eigenvalue weighted by Gasteiger charge is 2.46. The second-order valence-corrected chi connectivity index (χ2v) is 6.79. The van der Waals surface area contributed by atoms with Gasteiger partial charge in [0.15, 0.2) is 0 Å². The van der Waals surface area contributed by atoms with Crippen molar-refractivity contribution in [3.63, 3.8) is 0 Å². The predicted octanol–water partition coefficient (Wildman–Crippen LogP) is 0.798. The Morgan fingerprint density at radius 3 is 2.60 bits per heavy atom. The Morgan fingerprint density at radius 2 is 1.96 bits per heavy atom. The highest BCUT2D eigenvalue weighted by atomic mass is 16.5. The first-order valence-electron chi connectivity index (χ1n) is 8.76. The minimum absolute atomic E-state index is 0.0709. The predicted molar refractivity (Wildman–Crippen MR) is 91.8 cm³/mol. The SMILES string of the molecule is COCCN1C[C@H](C(=O)C(=O)NC2CC2)[C@@H](Cc2ccccc2)C1=O. The Balaban J connectivity index is 1.74. The van der Waals surface area contributed by atoms with Crippen LogP contribution in [0.2, 0.25) is 0 Å². The molecule has 1 aromatic rings. The number of ketones is 1. The Labute approximate surface area is 147 Å². The largest absolute Gasteiger partial charge is 0.383 e. The summed E-state index contributed by atoms with van der Waals surface area (Å²) in [6.45, 7) is 1.14. The van der Waals surface area contributed by atoms with Crippen molar-refractivity contribution in [2.45, 2.75) is 25.3 Å². The van der Waals surface area contributed by atoms with Gasteiger partial charge >= 0.3 is 0 Å². The highest BCUT2D eigenvalue weighted by molar-refractivity contribution is 6.37. The summed E-state index contributed by atoms with van der Waals surface area (Å²) in [5, 5.41) is 2.74. The molecule has 2 amide bonds. The van der Waals surface area contributed by atoms with Gasteiger partial charge in [-0.05, 0) is 24.8 Å². The first-order chi connectivity index (χ1) is 12.1. The van der Waals surface area contributed by atoms with Crippen molar-refractivity contribution in [1.82, 2.24) is 10.2 Å². The third-order valence-electron chi connectivity index (χ3n) is 4.87. The molecule has 0 radical (unpaired) electrons. The maximum atomic E-state index is 12.8. The smallest absolute Gasteiger partial charge is 0.287 e. The molecule has 2 aliphatic rings. The van der Waals surface area contributed by atoms with E-state index in [1.54, 1.807) is 12.0 Å². The van der Waals surface area contributed by atoms with Crippen molar-refractivity contribution in [2.24, 2.45) is 11.8 Å². The number of rotatable bonds is 8. The van der Waals surface area contributed by atoms with E-state index < -0.39 is 23.5 Å². The molecule has 1 heterocycles. The molecule has 2 atom stereocenters. The highest BCUT2D eigenvalue weighted by Crippen LogP contribution is 2.29. The van der Waals surface area contributed by atoms with Gasteiger partial charge in [-0.3, -0.25) is 14.4 Å². The number of nitrogens with one attached hydrogen (secondary N) is 1. The summed E-state index contributed by atoms with van der Waals surface area (Å²) in [6, 6.07) is 9.75. The van der Waals surface area contributed by atoms with Gasteiger partial charge in [-0.15, -0.1) is 0 Å². The van der Waals surface area contributed by atoms with Crippen LogP contribution in [-0.2, 0) is 25.5 Å². The van der Waals surface area contributed by atoms with Gasteiger partial charge in [0.25, 0.3) is 5.91 Å². The monoisotopic (exact) mass is 344 g/mol. The Hall–Kier alpha value is -2.21. The number of benzene rings is 1. The average molecular weight is 344 g/mol. The summed E-state index contributed by atoms with van der Waals surface area (Å²) in [4.78, 5) is 39.3. The van der Waals surface area contributed by atoms with E-state index in [-0.39, 0.29) is 18.5 Å². The Kier molecular flexibility index (Phi) is 5.48. The average Bonchev–Trinajstić information content (AvgIpc) is 3.39. The molecule has 0 spiro atoms. The molecule has 2 fully saturated rings. The van der Waals surface area contributed by atoms with Gasteiger partial charge in [-0.2, -0.15) is 0 Å². The summed E-state index contributed by atoms with van der Waals surface area (Å²) in [5.41, 5.74) is 0.995. The number of likely N-dealkylation sites (tertiary alicyclic amines) is 1. The summed E-state index contributed by atoms with van der Waals surface area (Å²) >= 11 is 0. The minimum Gasteiger partial charge on any atom is -0.383 e. The number of methoxy groups -OCH3 is 1. The molecule has 1 N–H and O–H groups in total. The molecule has 1 aliphatic carbocycles. The number of ether oxygens (including phenoxy) is 1. The Morgan fingerprint density at radius 1 is 1.24 bits per heavy atom. The minimum atomic E-state index is -0.594. The van der Waals surface area contributed by atoms with Crippen LogP contribution in [0.1, 0.15) is 18.4 Å². The van der Waals surface area contributed by atoms with E-state index in [9.17, 15) is 14.4 Å². The first kappa shape index (κ1) is 17.6. The van der Waals surface area contributed by atoms with Crippen LogP contribution in [0, 0.1) is 11.8 Å². The van der Waals surface area contributed by atoms with E-state index >= 15 is 0 Å². The molecule has 1 saturated heterocycles. The molecule has 1 saturated carbocycles. The van der Waals surface area contributed by atoms with Crippen molar-refractivity contribution in [1.29, 1.82) is 0 Å². The Bertz CT molecular complexity index is 642. The van der Waals surface area contributed by atoms with Crippen LogP contribution < -0.4 is 5.32 Å². The molecular weight excluding hydrogens is 320 g/mol. The second kappa shape index (κ2) is 7.78. The summed E-state index contributed by atoms with van der Waals surface area (Å²) < 4.78 is 5.05. The lowest BCUT2D eigenvalue weighted by molar-refractivity contribution is -0.141. The van der Waals surface area contributed by atoms with Crippen LogP contribution in [0.4, 0.5) is 0 Å². The third kappa shape index (κ3) is 4.25. The second-order valence-electron chi connectivity index (χ2n) is 6.79. The van der Waals surface area contributed by atoms with E-state index in [1.165, 1.54) is 0 Å². The van der Waals surface area contributed by atoms with Gasteiger partial charge in [-0.1, -0.05) is 30.3 Å². The lowest BCUT2D eigenvalue weighted by Gasteiger charge is -2.15. The number of carbonyl (C=O) groups excluding carboxylic acids is 3. The van der Waals surface area contributed by atoms with Crippen molar-refractivity contribution < 1.29 is 19.1 Å². The number of amides is 2. The van der Waals surface area contributed by atoms with E-state index in [2.05, 4.69) is 5.32 Å². The van der Waals surface area contributed by atoms with E-state index in [4.69, 9.17) is 4.74 Å². The first-order valence-corrected chi connectivity index (χ1v) is 8.76. The van der Waals surface area contributed by atoms with Crippen LogP contribution in [0.15, 0.2) is 30.3 Å². The number of carbonyl (C=O) groups is 3. The van der Waals surface area contributed by atoms with Crippen molar-refractivity contribution >= 4 is 17.6 Å². The van der Waals surface area contributed by atoms with Crippen LogP contribution in [0.25, 0.3) is 0 Å². The molecule has 0 aromatic heterocycles. The zero-order valence-corrected chi connectivity index (χ0v) is 14.4. The van der Waals surface area contributed by atoms with Crippen LogP contribution in [-0.4, -0.2) is 55.3 Å². The third-order valence-corrected chi connectivity index (χ3v) is 4.87. The lowest BCUT2D eigenvalue weighted by Crippen LogP contribution is -2.39. The quantitative estimate of drug-likeness (QED) is 0.708. The van der Waals surface area contributed by atoms with E-state index in [0.717, 1.165) is 18.4 Å². The van der Waals surface area contributed by atoms with Crippen molar-refractivity contribution in [2.75, 3.05) is 26.8 Å². The van der Waals surface area contributed by atoms with Crippen LogP contribution in [0.3, 0.4) is 0 Å². The number of Topliss-reactive ketones (excluding diaryl/α,β-unsaturated/α-hetero) is 1. The molecule has 6 nitrogen and oxygen atoms in total. The van der Waals surface area contributed by atoms with Crippen molar-refractivity contribution in [3.05, 3.63) is 35.9 Å². The summed E-state index contributed by atoms with van der Waals surface area (Å²) in [7, 11) is 1.58. The van der Waals surface area contributed by atoms with Crippen LogP contribution >= 0.6 is 0 Å². The van der Waals surface area contributed by atoms with Gasteiger partial charge in [0.05, 0.1) is 18.4 Å². The molecular formula is C19H24N2O4. The van der Waals surface area contributed by atoms with Gasteiger partial charge in [0.2, 0.25) is 11.7 Å². The van der Waals surface area contributed by atoms with Gasteiger partial charge in [0.1, 0.15) is 0 Å². The van der Waals surface area contributed by atoms with Gasteiger partial charge in [0, 0.05) is 26.2 Å². The molecule has 25 heavy (non-hydrogen) atoms. The summed E-state index contributed by atoms with van der Waals surface area (Å²) in [6.07, 6.45) is 2.32. The molecule has 1 aromatic carbocycles. The number of hydrogen-bond acceptors (Lipinski definition) is 4. The van der Waals surface area contributed by atoms with Gasteiger partial charge < -0.3 is 15.0 Å². The molecule has 0 bridgehead atoms. The molecule has 3 rings (SSSR count). The number of hydrogen-bond donors (Lipinski definition) is 1. The normalized spacial score (nSPS) is 22.9. The molecule has 1 aliphatic heterocycles.